The molecule has 0 bridgehead atoms. The number of fused-ring (bicyclic) bond motifs is 4. The summed E-state index contributed by atoms with van der Waals surface area (Å²) in [5.41, 5.74) is 5.92. The molecule has 6 rings (SSSR count). The maximum atomic E-state index is 6.34. The zero-order chi connectivity index (χ0) is 20.1. The highest BCUT2D eigenvalue weighted by Gasteiger charge is 2.15. The Kier molecular flexibility index (Phi) is 3.90. The molecule has 0 spiro atoms. The van der Waals surface area contributed by atoms with Crippen molar-refractivity contribution in [1.29, 1.82) is 0 Å². The first kappa shape index (κ1) is 17.3. The van der Waals surface area contributed by atoms with Crippen molar-refractivity contribution < 1.29 is 0 Å². The van der Waals surface area contributed by atoms with E-state index in [1.54, 1.807) is 0 Å². The number of benzene rings is 5. The second kappa shape index (κ2) is 6.76. The first-order chi connectivity index (χ1) is 14.8. The van der Waals surface area contributed by atoms with Gasteiger partial charge < -0.3 is 4.57 Å². The molecule has 0 aliphatic carbocycles. The highest BCUT2D eigenvalue weighted by atomic mass is 35.5. The van der Waals surface area contributed by atoms with Gasteiger partial charge in [-0.1, -0.05) is 90.5 Å². The van der Waals surface area contributed by atoms with Gasteiger partial charge in [-0.15, -0.1) is 0 Å². The second-order valence-corrected chi connectivity index (χ2v) is 8.00. The van der Waals surface area contributed by atoms with E-state index in [0.717, 1.165) is 10.6 Å². The SMILES string of the molecule is Clc1cccc(-c2cccc3cccc(-n4c5ccccc5c5ccccc54)c23)c1. The molecule has 6 aromatic rings. The average molecular weight is 404 g/mol. The molecular formula is C28H18ClN. The van der Waals surface area contributed by atoms with Gasteiger partial charge in [0.25, 0.3) is 0 Å². The van der Waals surface area contributed by atoms with Crippen LogP contribution >= 0.6 is 11.6 Å². The summed E-state index contributed by atoms with van der Waals surface area (Å²) in [6.45, 7) is 0. The highest BCUT2D eigenvalue weighted by Crippen LogP contribution is 2.38. The zero-order valence-electron chi connectivity index (χ0n) is 16.2. The van der Waals surface area contributed by atoms with Gasteiger partial charge in [0.1, 0.15) is 0 Å². The fraction of sp³-hybridized carbons (Fsp3) is 0. The molecule has 1 heterocycles. The van der Waals surface area contributed by atoms with E-state index in [1.165, 1.54) is 43.8 Å². The van der Waals surface area contributed by atoms with Gasteiger partial charge in [-0.3, -0.25) is 0 Å². The average Bonchev–Trinajstić information content (AvgIpc) is 3.13. The minimum Gasteiger partial charge on any atom is -0.309 e. The number of rotatable bonds is 2. The monoisotopic (exact) mass is 403 g/mol. The predicted octanol–water partition coefficient (Wildman–Crippen LogP) is 8.26. The van der Waals surface area contributed by atoms with Gasteiger partial charge in [0.2, 0.25) is 0 Å². The Bertz CT molecular complexity index is 1500. The summed E-state index contributed by atoms with van der Waals surface area (Å²) < 4.78 is 2.39. The van der Waals surface area contributed by atoms with Crippen molar-refractivity contribution in [3.63, 3.8) is 0 Å². The molecule has 0 saturated carbocycles. The maximum absolute atomic E-state index is 6.34. The normalized spacial score (nSPS) is 11.5. The van der Waals surface area contributed by atoms with Gasteiger partial charge in [-0.25, -0.2) is 0 Å². The lowest BCUT2D eigenvalue weighted by Gasteiger charge is -2.15. The van der Waals surface area contributed by atoms with Crippen molar-refractivity contribution in [2.75, 3.05) is 0 Å². The molecule has 1 nitrogen and oxygen atoms in total. The van der Waals surface area contributed by atoms with E-state index in [9.17, 15) is 0 Å². The van der Waals surface area contributed by atoms with Crippen LogP contribution in [0.4, 0.5) is 0 Å². The number of halogens is 1. The molecular weight excluding hydrogens is 386 g/mol. The molecule has 0 radical (unpaired) electrons. The Morgan fingerprint density at radius 3 is 1.90 bits per heavy atom. The van der Waals surface area contributed by atoms with Crippen LogP contribution in [0.2, 0.25) is 5.02 Å². The third kappa shape index (κ3) is 2.56. The van der Waals surface area contributed by atoms with E-state index in [4.69, 9.17) is 11.6 Å². The Morgan fingerprint density at radius 1 is 0.567 bits per heavy atom. The lowest BCUT2D eigenvalue weighted by molar-refractivity contribution is 1.20. The van der Waals surface area contributed by atoms with Crippen LogP contribution in [0.15, 0.2) is 109 Å². The Hall–Kier alpha value is -3.55. The van der Waals surface area contributed by atoms with Crippen molar-refractivity contribution in [3.05, 3.63) is 114 Å². The van der Waals surface area contributed by atoms with Gasteiger partial charge in [-0.05, 0) is 46.8 Å². The van der Waals surface area contributed by atoms with Gasteiger partial charge in [0.15, 0.2) is 0 Å². The molecule has 0 N–H and O–H groups in total. The summed E-state index contributed by atoms with van der Waals surface area (Å²) in [6, 6.07) is 38.4. The molecule has 0 aliphatic rings. The number of hydrogen-bond acceptors (Lipinski definition) is 0. The van der Waals surface area contributed by atoms with Crippen LogP contribution in [-0.2, 0) is 0 Å². The van der Waals surface area contributed by atoms with Gasteiger partial charge in [0, 0.05) is 21.2 Å². The topological polar surface area (TPSA) is 4.93 Å². The van der Waals surface area contributed by atoms with Crippen LogP contribution in [-0.4, -0.2) is 4.57 Å². The Labute approximate surface area is 179 Å². The summed E-state index contributed by atoms with van der Waals surface area (Å²) in [4.78, 5) is 0. The second-order valence-electron chi connectivity index (χ2n) is 7.56. The lowest BCUT2D eigenvalue weighted by atomic mass is 9.97. The Balaban J connectivity index is 1.79. The van der Waals surface area contributed by atoms with E-state index in [-0.39, 0.29) is 0 Å². The summed E-state index contributed by atoms with van der Waals surface area (Å²) in [5.74, 6) is 0. The predicted molar refractivity (Wildman–Crippen MR) is 129 cm³/mol. The van der Waals surface area contributed by atoms with Crippen LogP contribution in [0, 0.1) is 0 Å². The summed E-state index contributed by atoms with van der Waals surface area (Å²) in [6.07, 6.45) is 0. The molecule has 5 aromatic carbocycles. The molecule has 0 saturated heterocycles. The molecule has 142 valence electrons. The van der Waals surface area contributed by atoms with Crippen molar-refractivity contribution in [1.82, 2.24) is 4.57 Å². The van der Waals surface area contributed by atoms with E-state index < -0.39 is 0 Å². The standard InChI is InChI=1S/C28H18ClN/c29-21-11-5-10-20(18-21)22-14-6-8-19-9-7-17-27(28(19)22)30-25-15-3-1-12-23(25)24-13-2-4-16-26(24)30/h1-18H. The largest absolute Gasteiger partial charge is 0.309 e. The quantitative estimate of drug-likeness (QED) is 0.274. The number of aromatic nitrogens is 1. The molecule has 0 amide bonds. The third-order valence-corrected chi connectivity index (χ3v) is 6.07. The van der Waals surface area contributed by atoms with Crippen LogP contribution < -0.4 is 0 Å². The van der Waals surface area contributed by atoms with Crippen LogP contribution in [0.3, 0.4) is 0 Å². The highest BCUT2D eigenvalue weighted by molar-refractivity contribution is 6.31. The van der Waals surface area contributed by atoms with Gasteiger partial charge >= 0.3 is 0 Å². The van der Waals surface area contributed by atoms with Crippen molar-refractivity contribution in [3.8, 4) is 16.8 Å². The van der Waals surface area contributed by atoms with Crippen molar-refractivity contribution in [2.24, 2.45) is 0 Å². The lowest BCUT2D eigenvalue weighted by Crippen LogP contribution is -1.96. The smallest absolute Gasteiger partial charge is 0.0546 e. The van der Waals surface area contributed by atoms with Crippen LogP contribution in [0.1, 0.15) is 0 Å². The van der Waals surface area contributed by atoms with Crippen molar-refractivity contribution >= 4 is 44.2 Å². The molecule has 0 fully saturated rings. The van der Waals surface area contributed by atoms with E-state index in [0.29, 0.717) is 0 Å². The van der Waals surface area contributed by atoms with Gasteiger partial charge in [-0.2, -0.15) is 0 Å². The molecule has 0 aliphatic heterocycles. The molecule has 0 atom stereocenters. The summed E-state index contributed by atoms with van der Waals surface area (Å²) in [5, 5.41) is 5.73. The summed E-state index contributed by atoms with van der Waals surface area (Å²) in [7, 11) is 0. The molecule has 30 heavy (non-hydrogen) atoms. The zero-order valence-corrected chi connectivity index (χ0v) is 17.0. The number of nitrogens with zero attached hydrogens (tertiary/aromatic N) is 1. The first-order valence-electron chi connectivity index (χ1n) is 10.1. The van der Waals surface area contributed by atoms with Crippen LogP contribution in [0.5, 0.6) is 0 Å². The number of hydrogen-bond donors (Lipinski definition) is 0. The maximum Gasteiger partial charge on any atom is 0.0546 e. The fourth-order valence-corrected chi connectivity index (χ4v) is 4.78. The van der Waals surface area contributed by atoms with E-state index in [1.807, 2.05) is 18.2 Å². The first-order valence-corrected chi connectivity index (χ1v) is 10.5. The van der Waals surface area contributed by atoms with Gasteiger partial charge in [0.05, 0.1) is 16.7 Å². The number of para-hydroxylation sites is 2. The molecule has 0 unspecified atom stereocenters. The fourth-order valence-electron chi connectivity index (χ4n) is 4.59. The molecule has 2 heteroatoms. The summed E-state index contributed by atoms with van der Waals surface area (Å²) >= 11 is 6.34. The van der Waals surface area contributed by atoms with Crippen LogP contribution in [0.25, 0.3) is 49.4 Å². The molecule has 1 aromatic heterocycles. The van der Waals surface area contributed by atoms with Crippen molar-refractivity contribution in [2.45, 2.75) is 0 Å². The third-order valence-electron chi connectivity index (χ3n) is 5.84. The van der Waals surface area contributed by atoms with E-state index in [2.05, 4.69) is 95.6 Å². The minimum absolute atomic E-state index is 0.749. The Morgan fingerprint density at radius 2 is 1.20 bits per heavy atom. The minimum atomic E-state index is 0.749. The van der Waals surface area contributed by atoms with E-state index >= 15 is 0 Å².